The number of phenols is 1. The topological polar surface area (TPSA) is 20.2 Å². The molecule has 0 saturated carbocycles. The van der Waals surface area contributed by atoms with E-state index in [1.165, 1.54) is 11.1 Å². The molecule has 17 heavy (non-hydrogen) atoms. The minimum Gasteiger partial charge on any atom is -0.507 e. The third-order valence-electron chi connectivity index (χ3n) is 3.10. The molecule has 0 unspecified atom stereocenters. The van der Waals surface area contributed by atoms with Crippen LogP contribution < -0.4 is 0 Å². The molecule has 0 amide bonds. The van der Waals surface area contributed by atoms with E-state index < -0.39 is 0 Å². The summed E-state index contributed by atoms with van der Waals surface area (Å²) in [5.41, 5.74) is 4.58. The van der Waals surface area contributed by atoms with E-state index in [2.05, 4.69) is 36.4 Å². The van der Waals surface area contributed by atoms with Crippen LogP contribution in [0.15, 0.2) is 42.5 Å². The van der Waals surface area contributed by atoms with Crippen molar-refractivity contribution >= 4 is 0 Å². The van der Waals surface area contributed by atoms with E-state index in [4.69, 9.17) is 0 Å². The van der Waals surface area contributed by atoms with Crippen molar-refractivity contribution in [2.75, 3.05) is 0 Å². The van der Waals surface area contributed by atoms with Gasteiger partial charge in [0.2, 0.25) is 0 Å². The molecule has 1 N–H and O–H groups in total. The van der Waals surface area contributed by atoms with Gasteiger partial charge in [-0.1, -0.05) is 42.5 Å². The molecule has 88 valence electrons. The van der Waals surface area contributed by atoms with Gasteiger partial charge in [-0.05, 0) is 48.9 Å². The molecule has 1 heteroatoms. The number of hydrogen-bond acceptors (Lipinski definition) is 1. The van der Waals surface area contributed by atoms with Gasteiger partial charge >= 0.3 is 0 Å². The Balaban J connectivity index is 2.10. The average Bonchev–Trinajstić information content (AvgIpc) is 2.34. The van der Waals surface area contributed by atoms with E-state index in [-0.39, 0.29) is 0 Å². The Morgan fingerprint density at radius 1 is 0.824 bits per heavy atom. The van der Waals surface area contributed by atoms with Gasteiger partial charge in [-0.3, -0.25) is 0 Å². The summed E-state index contributed by atoms with van der Waals surface area (Å²) in [6.45, 7) is 3.91. The Kier molecular flexibility index (Phi) is 3.48. The molecular formula is C16H18O. The number of aromatic hydroxyl groups is 1. The van der Waals surface area contributed by atoms with Crippen LogP contribution in [0.3, 0.4) is 0 Å². The van der Waals surface area contributed by atoms with Gasteiger partial charge < -0.3 is 5.11 Å². The minimum atomic E-state index is 0.425. The predicted molar refractivity (Wildman–Crippen MR) is 71.4 cm³/mol. The maximum atomic E-state index is 9.72. The number of rotatable bonds is 3. The first kappa shape index (κ1) is 11.7. The SMILES string of the molecule is Cc1cc(CCc2ccccc2)cc(C)c1O. The lowest BCUT2D eigenvalue weighted by Gasteiger charge is -2.08. The van der Waals surface area contributed by atoms with Crippen molar-refractivity contribution in [3.63, 3.8) is 0 Å². The number of hydrogen-bond donors (Lipinski definition) is 1. The second kappa shape index (κ2) is 5.05. The van der Waals surface area contributed by atoms with E-state index in [0.29, 0.717) is 5.75 Å². The normalized spacial score (nSPS) is 10.5. The van der Waals surface area contributed by atoms with E-state index in [9.17, 15) is 5.11 Å². The molecule has 2 rings (SSSR count). The Hall–Kier alpha value is -1.76. The van der Waals surface area contributed by atoms with Crippen LogP contribution in [-0.4, -0.2) is 5.11 Å². The highest BCUT2D eigenvalue weighted by atomic mass is 16.3. The van der Waals surface area contributed by atoms with E-state index in [1.54, 1.807) is 0 Å². The minimum absolute atomic E-state index is 0.425. The molecule has 0 fully saturated rings. The summed E-state index contributed by atoms with van der Waals surface area (Å²) in [7, 11) is 0. The third-order valence-corrected chi connectivity index (χ3v) is 3.10. The summed E-state index contributed by atoms with van der Waals surface area (Å²) in [6.07, 6.45) is 2.07. The first-order chi connectivity index (χ1) is 8.16. The van der Waals surface area contributed by atoms with Gasteiger partial charge in [-0.25, -0.2) is 0 Å². The highest BCUT2D eigenvalue weighted by Gasteiger charge is 2.03. The zero-order chi connectivity index (χ0) is 12.3. The van der Waals surface area contributed by atoms with Crippen LogP contribution in [0.25, 0.3) is 0 Å². The molecule has 0 heterocycles. The summed E-state index contributed by atoms with van der Waals surface area (Å²) in [5, 5.41) is 9.72. The number of aryl methyl sites for hydroxylation is 4. The highest BCUT2D eigenvalue weighted by Crippen LogP contribution is 2.23. The zero-order valence-electron chi connectivity index (χ0n) is 10.4. The highest BCUT2D eigenvalue weighted by molar-refractivity contribution is 5.42. The first-order valence-corrected chi connectivity index (χ1v) is 6.00. The quantitative estimate of drug-likeness (QED) is 0.844. The molecule has 0 atom stereocenters. The zero-order valence-corrected chi connectivity index (χ0v) is 10.4. The molecule has 0 aliphatic rings. The monoisotopic (exact) mass is 226 g/mol. The lowest BCUT2D eigenvalue weighted by Crippen LogP contribution is -1.93. The largest absolute Gasteiger partial charge is 0.507 e. The molecule has 0 radical (unpaired) electrons. The van der Waals surface area contributed by atoms with Gasteiger partial charge in [0.25, 0.3) is 0 Å². The predicted octanol–water partition coefficient (Wildman–Crippen LogP) is 3.79. The van der Waals surface area contributed by atoms with Crippen LogP contribution in [0.4, 0.5) is 0 Å². The molecule has 0 bridgehead atoms. The maximum absolute atomic E-state index is 9.72. The van der Waals surface area contributed by atoms with Crippen molar-refractivity contribution in [3.05, 3.63) is 64.7 Å². The van der Waals surface area contributed by atoms with Crippen LogP contribution in [-0.2, 0) is 12.8 Å². The molecule has 0 saturated heterocycles. The van der Waals surface area contributed by atoms with Crippen molar-refractivity contribution < 1.29 is 5.11 Å². The number of phenolic OH excluding ortho intramolecular Hbond substituents is 1. The van der Waals surface area contributed by atoms with Gasteiger partial charge in [-0.15, -0.1) is 0 Å². The third kappa shape index (κ3) is 2.88. The molecule has 2 aromatic rings. The van der Waals surface area contributed by atoms with E-state index in [0.717, 1.165) is 24.0 Å². The van der Waals surface area contributed by atoms with Crippen LogP contribution in [0.5, 0.6) is 5.75 Å². The van der Waals surface area contributed by atoms with Gasteiger partial charge in [0.1, 0.15) is 5.75 Å². The van der Waals surface area contributed by atoms with Gasteiger partial charge in [-0.2, -0.15) is 0 Å². The molecule has 0 aromatic heterocycles. The Morgan fingerprint density at radius 3 is 1.94 bits per heavy atom. The second-order valence-electron chi connectivity index (χ2n) is 4.56. The molecule has 0 aliphatic heterocycles. The number of benzene rings is 2. The Labute approximate surface area is 103 Å². The van der Waals surface area contributed by atoms with Gasteiger partial charge in [0, 0.05) is 0 Å². The lowest BCUT2D eigenvalue weighted by atomic mass is 10.00. The molecule has 0 spiro atoms. The van der Waals surface area contributed by atoms with Crippen LogP contribution in [0.1, 0.15) is 22.3 Å². The van der Waals surface area contributed by atoms with Crippen molar-refractivity contribution in [3.8, 4) is 5.75 Å². The van der Waals surface area contributed by atoms with Crippen LogP contribution in [0, 0.1) is 13.8 Å². The fraction of sp³-hybridized carbons (Fsp3) is 0.250. The Bertz CT molecular complexity index is 477. The summed E-state index contributed by atoms with van der Waals surface area (Å²) in [4.78, 5) is 0. The standard InChI is InChI=1S/C16H18O/c1-12-10-15(11-13(2)16(12)17)9-8-14-6-4-3-5-7-14/h3-7,10-11,17H,8-9H2,1-2H3. The average molecular weight is 226 g/mol. The molecular weight excluding hydrogens is 208 g/mol. The van der Waals surface area contributed by atoms with Crippen LogP contribution >= 0.6 is 0 Å². The molecule has 1 nitrogen and oxygen atoms in total. The van der Waals surface area contributed by atoms with Gasteiger partial charge in [0.05, 0.1) is 0 Å². The second-order valence-corrected chi connectivity index (χ2v) is 4.56. The van der Waals surface area contributed by atoms with Crippen molar-refractivity contribution in [2.45, 2.75) is 26.7 Å². The smallest absolute Gasteiger partial charge is 0.121 e. The molecule has 0 aliphatic carbocycles. The summed E-state index contributed by atoms with van der Waals surface area (Å²) in [5.74, 6) is 0.425. The fourth-order valence-electron chi connectivity index (χ4n) is 2.12. The summed E-state index contributed by atoms with van der Waals surface area (Å²) >= 11 is 0. The van der Waals surface area contributed by atoms with E-state index in [1.807, 2.05) is 19.9 Å². The van der Waals surface area contributed by atoms with Gasteiger partial charge in [0.15, 0.2) is 0 Å². The van der Waals surface area contributed by atoms with Crippen molar-refractivity contribution in [1.82, 2.24) is 0 Å². The van der Waals surface area contributed by atoms with E-state index >= 15 is 0 Å². The molecule has 2 aromatic carbocycles. The lowest BCUT2D eigenvalue weighted by molar-refractivity contribution is 0.466. The Morgan fingerprint density at radius 2 is 1.35 bits per heavy atom. The van der Waals surface area contributed by atoms with Crippen LogP contribution in [0.2, 0.25) is 0 Å². The maximum Gasteiger partial charge on any atom is 0.121 e. The summed E-state index contributed by atoms with van der Waals surface area (Å²) < 4.78 is 0. The van der Waals surface area contributed by atoms with Crippen molar-refractivity contribution in [1.29, 1.82) is 0 Å². The van der Waals surface area contributed by atoms with Crippen molar-refractivity contribution in [2.24, 2.45) is 0 Å². The summed E-state index contributed by atoms with van der Waals surface area (Å²) in [6, 6.07) is 14.6. The first-order valence-electron chi connectivity index (χ1n) is 6.00. The fourth-order valence-corrected chi connectivity index (χ4v) is 2.12.